The highest BCUT2D eigenvalue weighted by molar-refractivity contribution is 6.31. The summed E-state index contributed by atoms with van der Waals surface area (Å²) in [5.41, 5.74) is 2.09. The van der Waals surface area contributed by atoms with E-state index in [2.05, 4.69) is 5.32 Å². The van der Waals surface area contributed by atoms with Crippen molar-refractivity contribution in [3.05, 3.63) is 99.8 Å². The zero-order valence-corrected chi connectivity index (χ0v) is 17.8. The van der Waals surface area contributed by atoms with Crippen LogP contribution in [-0.4, -0.2) is 19.0 Å². The van der Waals surface area contributed by atoms with Crippen LogP contribution in [-0.2, 0) is 11.3 Å². The molecular formula is C24H21ClFNO4. The number of hydrogen-bond acceptors (Lipinski definition) is 4. The van der Waals surface area contributed by atoms with E-state index in [1.165, 1.54) is 19.2 Å². The van der Waals surface area contributed by atoms with Crippen LogP contribution in [0.3, 0.4) is 0 Å². The molecule has 7 heteroatoms. The fourth-order valence-corrected chi connectivity index (χ4v) is 3.19. The van der Waals surface area contributed by atoms with Crippen molar-refractivity contribution in [2.75, 3.05) is 7.11 Å². The number of hydrogen-bond donors (Lipinski definition) is 1. The second-order valence-electron chi connectivity index (χ2n) is 6.86. The molecule has 0 aliphatic heterocycles. The Bertz CT molecular complexity index is 1100. The highest BCUT2D eigenvalue weighted by Crippen LogP contribution is 2.21. The number of esters is 1. The SMILES string of the molecule is COC(=O)c1cccc([C@H](C)NC(=O)c2cc(Cl)ccc2COc2cccc(F)c2)c1. The third-order valence-electron chi connectivity index (χ3n) is 4.66. The van der Waals surface area contributed by atoms with Crippen LogP contribution in [0.5, 0.6) is 5.75 Å². The van der Waals surface area contributed by atoms with Gasteiger partial charge in [0.25, 0.3) is 5.91 Å². The number of carbonyl (C=O) groups excluding carboxylic acids is 2. The molecule has 0 aromatic heterocycles. The van der Waals surface area contributed by atoms with E-state index in [0.717, 1.165) is 5.56 Å². The molecule has 3 aromatic carbocycles. The maximum absolute atomic E-state index is 13.4. The topological polar surface area (TPSA) is 64.6 Å². The highest BCUT2D eigenvalue weighted by Gasteiger charge is 2.17. The first-order chi connectivity index (χ1) is 14.9. The summed E-state index contributed by atoms with van der Waals surface area (Å²) in [4.78, 5) is 24.7. The summed E-state index contributed by atoms with van der Waals surface area (Å²) in [5.74, 6) is -0.854. The van der Waals surface area contributed by atoms with Gasteiger partial charge >= 0.3 is 5.97 Å². The minimum atomic E-state index is -0.452. The highest BCUT2D eigenvalue weighted by atomic mass is 35.5. The second-order valence-corrected chi connectivity index (χ2v) is 7.30. The molecule has 0 spiro atoms. The smallest absolute Gasteiger partial charge is 0.337 e. The number of methoxy groups -OCH3 is 1. The number of halogens is 2. The molecule has 1 N–H and O–H groups in total. The Morgan fingerprint density at radius 3 is 2.58 bits per heavy atom. The van der Waals surface area contributed by atoms with E-state index in [1.807, 2.05) is 13.0 Å². The van der Waals surface area contributed by atoms with Crippen LogP contribution in [0.25, 0.3) is 0 Å². The van der Waals surface area contributed by atoms with Crippen molar-refractivity contribution in [2.24, 2.45) is 0 Å². The van der Waals surface area contributed by atoms with Gasteiger partial charge in [-0.05, 0) is 48.9 Å². The molecule has 0 heterocycles. The van der Waals surface area contributed by atoms with Gasteiger partial charge in [-0.1, -0.05) is 35.9 Å². The van der Waals surface area contributed by atoms with Crippen molar-refractivity contribution < 1.29 is 23.5 Å². The first kappa shape index (κ1) is 22.3. The van der Waals surface area contributed by atoms with E-state index < -0.39 is 11.8 Å². The summed E-state index contributed by atoms with van der Waals surface area (Å²) in [6.07, 6.45) is 0. The third kappa shape index (κ3) is 5.83. The van der Waals surface area contributed by atoms with Crippen LogP contribution in [0.15, 0.2) is 66.7 Å². The first-order valence-corrected chi connectivity index (χ1v) is 9.91. The van der Waals surface area contributed by atoms with Crippen molar-refractivity contribution in [3.63, 3.8) is 0 Å². The summed E-state index contributed by atoms with van der Waals surface area (Å²) in [5, 5.41) is 3.31. The fourth-order valence-electron chi connectivity index (χ4n) is 3.01. The van der Waals surface area contributed by atoms with Crippen molar-refractivity contribution in [2.45, 2.75) is 19.6 Å². The van der Waals surface area contributed by atoms with E-state index in [-0.39, 0.29) is 18.6 Å². The van der Waals surface area contributed by atoms with Crippen molar-refractivity contribution in [3.8, 4) is 5.75 Å². The van der Waals surface area contributed by atoms with Gasteiger partial charge in [0.05, 0.1) is 18.7 Å². The van der Waals surface area contributed by atoms with Gasteiger partial charge < -0.3 is 14.8 Å². The average molecular weight is 442 g/mol. The molecule has 3 rings (SSSR count). The Morgan fingerprint density at radius 2 is 1.84 bits per heavy atom. The van der Waals surface area contributed by atoms with Gasteiger partial charge in [0, 0.05) is 22.2 Å². The van der Waals surface area contributed by atoms with Crippen molar-refractivity contribution >= 4 is 23.5 Å². The van der Waals surface area contributed by atoms with Crippen LogP contribution < -0.4 is 10.1 Å². The largest absolute Gasteiger partial charge is 0.489 e. The Balaban J connectivity index is 1.76. The fraction of sp³-hybridized carbons (Fsp3) is 0.167. The zero-order chi connectivity index (χ0) is 22.4. The van der Waals surface area contributed by atoms with Crippen LogP contribution in [0.2, 0.25) is 5.02 Å². The lowest BCUT2D eigenvalue weighted by molar-refractivity contribution is 0.0600. The number of nitrogens with one attached hydrogen (secondary N) is 1. The van der Waals surface area contributed by atoms with Gasteiger partial charge in [-0.3, -0.25) is 4.79 Å². The molecule has 1 atom stereocenters. The molecule has 31 heavy (non-hydrogen) atoms. The normalized spacial score (nSPS) is 11.5. The minimum Gasteiger partial charge on any atom is -0.489 e. The molecule has 0 fully saturated rings. The van der Waals surface area contributed by atoms with Crippen LogP contribution in [0, 0.1) is 5.82 Å². The minimum absolute atomic E-state index is 0.0651. The van der Waals surface area contributed by atoms with Crippen LogP contribution >= 0.6 is 11.6 Å². The summed E-state index contributed by atoms with van der Waals surface area (Å²) in [6, 6.07) is 17.1. The second kappa shape index (κ2) is 10.1. The van der Waals surface area contributed by atoms with E-state index in [9.17, 15) is 14.0 Å². The maximum Gasteiger partial charge on any atom is 0.337 e. The number of ether oxygens (including phenoxy) is 2. The number of rotatable bonds is 7. The molecule has 0 unspecified atom stereocenters. The molecule has 3 aromatic rings. The summed E-state index contributed by atoms with van der Waals surface area (Å²) in [7, 11) is 1.31. The van der Waals surface area contributed by atoms with E-state index in [4.69, 9.17) is 21.1 Å². The Hall–Kier alpha value is -3.38. The Morgan fingerprint density at radius 1 is 1.06 bits per heavy atom. The lowest BCUT2D eigenvalue weighted by Crippen LogP contribution is -2.28. The van der Waals surface area contributed by atoms with Crippen molar-refractivity contribution in [1.29, 1.82) is 0 Å². The molecule has 0 bridgehead atoms. The number of carbonyl (C=O) groups is 2. The van der Waals surface area contributed by atoms with Gasteiger partial charge in [-0.25, -0.2) is 9.18 Å². The maximum atomic E-state index is 13.4. The predicted octanol–water partition coefficient (Wildman–Crippen LogP) is 5.34. The van der Waals surface area contributed by atoms with Crippen LogP contribution in [0.4, 0.5) is 4.39 Å². The lowest BCUT2D eigenvalue weighted by Gasteiger charge is -2.17. The average Bonchev–Trinajstić information content (AvgIpc) is 2.77. The van der Waals surface area contributed by atoms with Gasteiger partial charge in [-0.2, -0.15) is 0 Å². The predicted molar refractivity (Wildman–Crippen MR) is 116 cm³/mol. The van der Waals surface area contributed by atoms with Gasteiger partial charge in [0.1, 0.15) is 18.2 Å². The molecule has 0 saturated heterocycles. The quantitative estimate of drug-likeness (QED) is 0.503. The third-order valence-corrected chi connectivity index (χ3v) is 4.90. The first-order valence-electron chi connectivity index (χ1n) is 9.53. The zero-order valence-electron chi connectivity index (χ0n) is 17.0. The summed E-state index contributed by atoms with van der Waals surface area (Å²) in [6.45, 7) is 1.87. The van der Waals surface area contributed by atoms with Gasteiger partial charge in [0.2, 0.25) is 0 Å². The molecule has 0 radical (unpaired) electrons. The Kier molecular flexibility index (Phi) is 7.26. The molecule has 1 amide bonds. The van der Waals surface area contributed by atoms with Crippen LogP contribution in [0.1, 0.15) is 44.8 Å². The molecular weight excluding hydrogens is 421 g/mol. The van der Waals surface area contributed by atoms with Gasteiger partial charge in [0.15, 0.2) is 0 Å². The molecule has 0 saturated carbocycles. The molecule has 160 valence electrons. The number of benzene rings is 3. The van der Waals surface area contributed by atoms with E-state index >= 15 is 0 Å². The molecule has 0 aliphatic rings. The van der Waals surface area contributed by atoms with Gasteiger partial charge in [-0.15, -0.1) is 0 Å². The molecule has 0 aliphatic carbocycles. The van der Waals surface area contributed by atoms with Crippen molar-refractivity contribution in [1.82, 2.24) is 5.32 Å². The van der Waals surface area contributed by atoms with E-state index in [0.29, 0.717) is 27.5 Å². The Labute approximate surface area is 184 Å². The summed E-state index contributed by atoms with van der Waals surface area (Å²) < 4.78 is 23.7. The lowest BCUT2D eigenvalue weighted by atomic mass is 10.0. The standard InChI is InChI=1S/C24H21ClFNO4/c1-15(16-5-3-6-17(11-16)24(29)30-2)27-23(28)22-12-19(25)10-9-18(22)14-31-21-8-4-7-20(26)13-21/h3-13,15H,14H2,1-2H3,(H,27,28)/t15-/m0/s1. The molecule has 5 nitrogen and oxygen atoms in total. The monoisotopic (exact) mass is 441 g/mol. The van der Waals surface area contributed by atoms with E-state index in [1.54, 1.807) is 48.5 Å². The number of amides is 1. The summed E-state index contributed by atoms with van der Waals surface area (Å²) >= 11 is 6.10.